The summed E-state index contributed by atoms with van der Waals surface area (Å²) in [5.74, 6) is -1.37. The molecule has 0 saturated heterocycles. The quantitative estimate of drug-likeness (QED) is 0.559. The summed E-state index contributed by atoms with van der Waals surface area (Å²) in [5, 5.41) is 20.1. The second-order valence-corrected chi connectivity index (χ2v) is 8.25. The second kappa shape index (κ2) is 8.55. The third kappa shape index (κ3) is 4.59. The summed E-state index contributed by atoms with van der Waals surface area (Å²) < 4.78 is 42.1. The lowest BCUT2D eigenvalue weighted by atomic mass is 10.2. The molecular formula is C17H16BrFN4O4S. The van der Waals surface area contributed by atoms with Gasteiger partial charge in [0.2, 0.25) is 10.0 Å². The molecule has 1 heterocycles. The number of amides is 1. The number of benzene rings is 1. The molecule has 2 rings (SSSR count). The molecule has 1 aromatic heterocycles. The van der Waals surface area contributed by atoms with E-state index >= 15 is 0 Å². The van der Waals surface area contributed by atoms with Crippen LogP contribution in [-0.4, -0.2) is 30.0 Å². The predicted molar refractivity (Wildman–Crippen MR) is 104 cm³/mol. The Balaban J connectivity index is 2.35. The van der Waals surface area contributed by atoms with Crippen LogP contribution in [0.5, 0.6) is 0 Å². The molecule has 3 N–H and O–H groups in total. The van der Waals surface area contributed by atoms with Crippen LogP contribution < -0.4 is 10.0 Å². The molecule has 11 heteroatoms. The van der Waals surface area contributed by atoms with Crippen molar-refractivity contribution in [1.29, 1.82) is 5.26 Å². The lowest BCUT2D eigenvalue weighted by Gasteiger charge is -2.09. The summed E-state index contributed by atoms with van der Waals surface area (Å²) in [6.45, 7) is 1.52. The number of rotatable bonds is 6. The van der Waals surface area contributed by atoms with Crippen molar-refractivity contribution in [2.24, 2.45) is 7.05 Å². The SMILES string of the molecule is C[C@H](C=CO)NS(=O)(=O)c1cn(C)c(C(=O)Nc2ccc(F)c(C#N)c2)c1Br. The Morgan fingerprint density at radius 2 is 2.14 bits per heavy atom. The Hall–Kier alpha value is -2.68. The van der Waals surface area contributed by atoms with Gasteiger partial charge in [0, 0.05) is 25.0 Å². The Morgan fingerprint density at radius 3 is 2.75 bits per heavy atom. The van der Waals surface area contributed by atoms with Gasteiger partial charge in [0.1, 0.15) is 22.5 Å². The molecule has 0 aliphatic rings. The van der Waals surface area contributed by atoms with E-state index in [2.05, 4.69) is 26.0 Å². The number of hydrogen-bond donors (Lipinski definition) is 3. The highest BCUT2D eigenvalue weighted by molar-refractivity contribution is 9.10. The zero-order valence-corrected chi connectivity index (χ0v) is 17.2. The van der Waals surface area contributed by atoms with Crippen molar-refractivity contribution in [2.75, 3.05) is 5.32 Å². The van der Waals surface area contributed by atoms with Gasteiger partial charge in [-0.15, -0.1) is 0 Å². The van der Waals surface area contributed by atoms with Gasteiger partial charge in [0.15, 0.2) is 0 Å². The molecule has 0 bridgehead atoms. The highest BCUT2D eigenvalue weighted by atomic mass is 79.9. The summed E-state index contributed by atoms with van der Waals surface area (Å²) in [6, 6.07) is 4.50. The number of anilines is 1. The molecule has 1 atom stereocenters. The molecule has 0 fully saturated rings. The molecule has 1 amide bonds. The predicted octanol–water partition coefficient (Wildman–Crippen LogP) is 2.79. The highest BCUT2D eigenvalue weighted by Gasteiger charge is 2.27. The Morgan fingerprint density at radius 1 is 1.46 bits per heavy atom. The van der Waals surface area contributed by atoms with Gasteiger partial charge in [-0.05, 0) is 47.1 Å². The minimum Gasteiger partial charge on any atom is -0.516 e. The summed E-state index contributed by atoms with van der Waals surface area (Å²) in [4.78, 5) is 12.4. The Kier molecular flexibility index (Phi) is 6.60. The van der Waals surface area contributed by atoms with Crippen molar-refractivity contribution in [3.63, 3.8) is 0 Å². The number of aryl methyl sites for hydroxylation is 1. The van der Waals surface area contributed by atoms with Crippen LogP contribution in [-0.2, 0) is 17.1 Å². The third-order valence-corrected chi connectivity index (χ3v) is 6.29. The average molecular weight is 471 g/mol. The third-order valence-electron chi connectivity index (χ3n) is 3.65. The van der Waals surface area contributed by atoms with Crippen LogP contribution in [0.15, 0.2) is 46.1 Å². The molecule has 28 heavy (non-hydrogen) atoms. The van der Waals surface area contributed by atoms with Crippen molar-refractivity contribution >= 4 is 37.5 Å². The average Bonchev–Trinajstić information content (AvgIpc) is 2.91. The van der Waals surface area contributed by atoms with E-state index in [9.17, 15) is 17.6 Å². The topological polar surface area (TPSA) is 124 Å². The molecule has 0 aliphatic carbocycles. The summed E-state index contributed by atoms with van der Waals surface area (Å²) in [6.07, 6.45) is 3.22. The van der Waals surface area contributed by atoms with Crippen LogP contribution in [0.4, 0.5) is 10.1 Å². The Labute approximate surface area is 169 Å². The van der Waals surface area contributed by atoms with Gasteiger partial charge >= 0.3 is 0 Å². The molecular weight excluding hydrogens is 455 g/mol. The number of carbonyl (C=O) groups excluding carboxylic acids is 1. The van der Waals surface area contributed by atoms with Gasteiger partial charge in [-0.1, -0.05) is 0 Å². The first-order chi connectivity index (χ1) is 13.1. The Bertz CT molecular complexity index is 1090. The fourth-order valence-corrected chi connectivity index (χ4v) is 4.90. The standard InChI is InChI=1S/C17H16BrFN4O4S/c1-10(5-6-24)22-28(26,27)14-9-23(2)16(15(14)18)17(25)21-12-3-4-13(19)11(7-12)8-20/h3-7,9-10,22,24H,1-2H3,(H,21,25)/t10-/m1/s1. The first-order valence-corrected chi connectivity index (χ1v) is 10.1. The van der Waals surface area contributed by atoms with Gasteiger partial charge in [-0.3, -0.25) is 4.79 Å². The van der Waals surface area contributed by atoms with Gasteiger partial charge < -0.3 is 15.0 Å². The fraction of sp³-hybridized carbons (Fsp3) is 0.176. The molecule has 2 aromatic rings. The van der Waals surface area contributed by atoms with E-state index < -0.39 is 27.8 Å². The maximum absolute atomic E-state index is 13.4. The van der Waals surface area contributed by atoms with Crippen LogP contribution in [0, 0.1) is 17.1 Å². The molecule has 148 valence electrons. The molecule has 8 nitrogen and oxygen atoms in total. The fourth-order valence-electron chi connectivity index (χ4n) is 2.37. The van der Waals surface area contributed by atoms with Crippen molar-refractivity contribution in [1.82, 2.24) is 9.29 Å². The zero-order chi connectivity index (χ0) is 21.1. The minimum atomic E-state index is -3.99. The van der Waals surface area contributed by atoms with E-state index in [0.717, 1.165) is 12.3 Å². The summed E-state index contributed by atoms with van der Waals surface area (Å²) in [7, 11) is -2.50. The smallest absolute Gasteiger partial charge is 0.273 e. The number of nitriles is 1. The molecule has 0 spiro atoms. The lowest BCUT2D eigenvalue weighted by molar-refractivity contribution is 0.101. The van der Waals surface area contributed by atoms with Crippen LogP contribution in [0.3, 0.4) is 0 Å². The van der Waals surface area contributed by atoms with Gasteiger partial charge in [-0.25, -0.2) is 17.5 Å². The minimum absolute atomic E-state index is 0.00793. The summed E-state index contributed by atoms with van der Waals surface area (Å²) in [5.41, 5.74) is -0.0454. The summed E-state index contributed by atoms with van der Waals surface area (Å²) >= 11 is 3.14. The number of aliphatic hydroxyl groups excluding tert-OH is 1. The number of carbonyl (C=O) groups is 1. The van der Waals surface area contributed by atoms with E-state index in [-0.39, 0.29) is 26.3 Å². The van der Waals surface area contributed by atoms with Crippen LogP contribution in [0.25, 0.3) is 0 Å². The number of halogens is 2. The second-order valence-electron chi connectivity index (χ2n) is 5.78. The first kappa shape index (κ1) is 21.6. The maximum Gasteiger partial charge on any atom is 0.273 e. The normalized spacial score (nSPS) is 12.7. The number of aromatic nitrogens is 1. The number of nitrogens with zero attached hydrogens (tertiary/aromatic N) is 2. The molecule has 1 aromatic carbocycles. The monoisotopic (exact) mass is 470 g/mol. The largest absolute Gasteiger partial charge is 0.516 e. The number of nitrogens with one attached hydrogen (secondary N) is 2. The molecule has 0 aliphatic heterocycles. The number of aliphatic hydroxyl groups is 1. The lowest BCUT2D eigenvalue weighted by Crippen LogP contribution is -2.31. The van der Waals surface area contributed by atoms with E-state index in [1.54, 1.807) is 6.07 Å². The van der Waals surface area contributed by atoms with E-state index in [1.165, 1.54) is 42.9 Å². The zero-order valence-electron chi connectivity index (χ0n) is 14.8. The number of hydrogen-bond acceptors (Lipinski definition) is 5. The molecule has 0 unspecified atom stereocenters. The van der Waals surface area contributed by atoms with E-state index in [4.69, 9.17) is 10.4 Å². The number of sulfonamides is 1. The van der Waals surface area contributed by atoms with Crippen LogP contribution in [0.2, 0.25) is 0 Å². The van der Waals surface area contributed by atoms with Gasteiger partial charge in [0.25, 0.3) is 5.91 Å². The van der Waals surface area contributed by atoms with E-state index in [0.29, 0.717) is 0 Å². The first-order valence-electron chi connectivity index (χ1n) is 7.79. The van der Waals surface area contributed by atoms with Crippen molar-refractivity contribution in [2.45, 2.75) is 17.9 Å². The van der Waals surface area contributed by atoms with Crippen molar-refractivity contribution < 1.29 is 22.7 Å². The molecule has 0 radical (unpaired) electrons. The van der Waals surface area contributed by atoms with Crippen LogP contribution >= 0.6 is 15.9 Å². The van der Waals surface area contributed by atoms with Gasteiger partial charge in [-0.2, -0.15) is 5.26 Å². The van der Waals surface area contributed by atoms with Crippen LogP contribution in [0.1, 0.15) is 23.0 Å². The molecule has 0 saturated carbocycles. The maximum atomic E-state index is 13.4. The van der Waals surface area contributed by atoms with E-state index in [1.807, 2.05) is 0 Å². The highest BCUT2D eigenvalue weighted by Crippen LogP contribution is 2.28. The van der Waals surface area contributed by atoms with Crippen molar-refractivity contribution in [3.05, 3.63) is 58.3 Å². The van der Waals surface area contributed by atoms with Gasteiger partial charge in [0.05, 0.1) is 16.3 Å². The van der Waals surface area contributed by atoms with Crippen molar-refractivity contribution in [3.8, 4) is 6.07 Å².